The molecule has 0 N–H and O–H groups in total. The van der Waals surface area contributed by atoms with Gasteiger partial charge in [0, 0.05) is 0 Å². The highest BCUT2D eigenvalue weighted by Gasteiger charge is 2.44. The predicted molar refractivity (Wildman–Crippen MR) is 101 cm³/mol. The zero-order chi connectivity index (χ0) is 17.7. The minimum absolute atomic E-state index is 0.00486. The molecule has 0 radical (unpaired) electrons. The lowest BCUT2D eigenvalue weighted by Crippen LogP contribution is -2.40. The first-order valence-electron chi connectivity index (χ1n) is 9.91. The fourth-order valence-electron chi connectivity index (χ4n) is 4.58. The monoisotopic (exact) mass is 332 g/mol. The molecule has 2 nitrogen and oxygen atoms in total. The number of fused-ring (bicyclic) bond motifs is 1. The standard InChI is InChI=1S/C22H36O2/c1-6-7-8-13-22(4,21(23)24-5)20-12-11-18-14-17(16(2)3)9-10-19(18)15-20/h9,14,16,19-20H,6-8,10-13,15H2,1-5H3. The van der Waals surface area contributed by atoms with Gasteiger partial charge in [-0.1, -0.05) is 57.8 Å². The van der Waals surface area contributed by atoms with Crippen molar-refractivity contribution in [1.82, 2.24) is 0 Å². The Morgan fingerprint density at radius 1 is 1.38 bits per heavy atom. The van der Waals surface area contributed by atoms with Crippen LogP contribution in [0.4, 0.5) is 0 Å². The molecule has 2 rings (SSSR count). The average molecular weight is 333 g/mol. The lowest BCUT2D eigenvalue weighted by atomic mass is 9.62. The molecule has 0 amide bonds. The number of unbranched alkanes of at least 4 members (excludes halogenated alkanes) is 2. The molecular formula is C22H36O2. The SMILES string of the molecule is CCCCCC(C)(C(=O)OC)C1CCC2=CC(C(C)C)=CCC2C1. The molecule has 0 heterocycles. The molecule has 1 saturated carbocycles. The van der Waals surface area contributed by atoms with Gasteiger partial charge in [0.1, 0.15) is 0 Å². The summed E-state index contributed by atoms with van der Waals surface area (Å²) in [7, 11) is 1.55. The molecule has 0 saturated heterocycles. The first kappa shape index (κ1) is 19.3. The fourth-order valence-corrected chi connectivity index (χ4v) is 4.58. The quantitative estimate of drug-likeness (QED) is 0.417. The zero-order valence-corrected chi connectivity index (χ0v) is 16.4. The predicted octanol–water partition coefficient (Wildman–Crippen LogP) is 6.07. The smallest absolute Gasteiger partial charge is 0.311 e. The van der Waals surface area contributed by atoms with E-state index >= 15 is 0 Å². The Hall–Kier alpha value is -1.05. The highest BCUT2D eigenvalue weighted by molar-refractivity contribution is 5.76. The molecule has 2 aliphatic carbocycles. The van der Waals surface area contributed by atoms with Gasteiger partial charge in [0.05, 0.1) is 12.5 Å². The van der Waals surface area contributed by atoms with E-state index in [4.69, 9.17) is 4.74 Å². The van der Waals surface area contributed by atoms with Gasteiger partial charge >= 0.3 is 5.97 Å². The van der Waals surface area contributed by atoms with E-state index in [2.05, 4.69) is 39.8 Å². The Kier molecular flexibility index (Phi) is 6.71. The van der Waals surface area contributed by atoms with Gasteiger partial charge in [-0.05, 0) is 62.4 Å². The largest absolute Gasteiger partial charge is 0.469 e. The summed E-state index contributed by atoms with van der Waals surface area (Å²) in [4.78, 5) is 12.6. The normalized spacial score (nSPS) is 26.2. The summed E-state index contributed by atoms with van der Waals surface area (Å²) in [5.41, 5.74) is 2.81. The van der Waals surface area contributed by atoms with Crippen molar-refractivity contribution < 1.29 is 9.53 Å². The number of allylic oxidation sites excluding steroid dienone is 4. The van der Waals surface area contributed by atoms with Gasteiger partial charge < -0.3 is 4.74 Å². The fraction of sp³-hybridized carbons (Fsp3) is 0.773. The van der Waals surface area contributed by atoms with E-state index in [1.54, 1.807) is 12.7 Å². The first-order chi connectivity index (χ1) is 11.4. The van der Waals surface area contributed by atoms with E-state index in [9.17, 15) is 4.79 Å². The second-order valence-electron chi connectivity index (χ2n) is 8.35. The average Bonchev–Trinajstić information content (AvgIpc) is 2.59. The van der Waals surface area contributed by atoms with Crippen molar-refractivity contribution in [3.63, 3.8) is 0 Å². The molecule has 0 aromatic carbocycles. The Morgan fingerprint density at radius 3 is 2.75 bits per heavy atom. The van der Waals surface area contributed by atoms with Crippen molar-refractivity contribution in [2.24, 2.45) is 23.2 Å². The molecule has 3 atom stereocenters. The van der Waals surface area contributed by atoms with Crippen LogP contribution in [0.3, 0.4) is 0 Å². The highest BCUT2D eigenvalue weighted by atomic mass is 16.5. The van der Waals surface area contributed by atoms with E-state index < -0.39 is 0 Å². The Labute approximate surface area is 148 Å². The number of rotatable bonds is 7. The Balaban J connectivity index is 2.09. The summed E-state index contributed by atoms with van der Waals surface area (Å²) in [6.45, 7) is 8.92. The van der Waals surface area contributed by atoms with Gasteiger partial charge in [-0.25, -0.2) is 0 Å². The van der Waals surface area contributed by atoms with Crippen molar-refractivity contribution in [3.05, 3.63) is 23.3 Å². The van der Waals surface area contributed by atoms with Crippen LogP contribution in [0.15, 0.2) is 23.3 Å². The number of hydrogen-bond acceptors (Lipinski definition) is 2. The van der Waals surface area contributed by atoms with Gasteiger partial charge in [-0.15, -0.1) is 0 Å². The summed E-state index contributed by atoms with van der Waals surface area (Å²) < 4.78 is 5.22. The topological polar surface area (TPSA) is 26.3 Å². The molecule has 1 fully saturated rings. The zero-order valence-electron chi connectivity index (χ0n) is 16.4. The van der Waals surface area contributed by atoms with Crippen LogP contribution in [0.25, 0.3) is 0 Å². The molecule has 0 aromatic heterocycles. The van der Waals surface area contributed by atoms with Crippen molar-refractivity contribution in [1.29, 1.82) is 0 Å². The summed E-state index contributed by atoms with van der Waals surface area (Å²) >= 11 is 0. The van der Waals surface area contributed by atoms with Crippen LogP contribution in [0.2, 0.25) is 0 Å². The molecule has 0 aliphatic heterocycles. The van der Waals surface area contributed by atoms with E-state index in [1.807, 2.05) is 0 Å². The maximum absolute atomic E-state index is 12.6. The second-order valence-corrected chi connectivity index (χ2v) is 8.35. The van der Waals surface area contributed by atoms with E-state index in [-0.39, 0.29) is 11.4 Å². The maximum atomic E-state index is 12.6. The van der Waals surface area contributed by atoms with Gasteiger partial charge in [0.25, 0.3) is 0 Å². The second kappa shape index (κ2) is 8.36. The molecule has 2 heteroatoms. The Morgan fingerprint density at radius 2 is 2.12 bits per heavy atom. The number of ether oxygens (including phenoxy) is 1. The van der Waals surface area contributed by atoms with Crippen molar-refractivity contribution in [2.45, 2.75) is 79.1 Å². The van der Waals surface area contributed by atoms with E-state index in [0.29, 0.717) is 17.8 Å². The van der Waals surface area contributed by atoms with Gasteiger partial charge in [0.15, 0.2) is 0 Å². The van der Waals surface area contributed by atoms with Crippen LogP contribution in [0, 0.1) is 23.2 Å². The minimum Gasteiger partial charge on any atom is -0.469 e. The molecule has 24 heavy (non-hydrogen) atoms. The van der Waals surface area contributed by atoms with Gasteiger partial charge in [0.2, 0.25) is 0 Å². The molecule has 0 aromatic rings. The van der Waals surface area contributed by atoms with E-state index in [1.165, 1.54) is 18.4 Å². The van der Waals surface area contributed by atoms with Gasteiger partial charge in [-0.2, -0.15) is 0 Å². The molecule has 0 spiro atoms. The first-order valence-corrected chi connectivity index (χ1v) is 9.91. The van der Waals surface area contributed by atoms with E-state index in [0.717, 1.165) is 38.5 Å². The van der Waals surface area contributed by atoms with Crippen LogP contribution in [-0.4, -0.2) is 13.1 Å². The minimum atomic E-state index is -0.308. The van der Waals surface area contributed by atoms with Crippen LogP contribution in [0.1, 0.15) is 79.1 Å². The molecule has 136 valence electrons. The number of methoxy groups -OCH3 is 1. The van der Waals surface area contributed by atoms with Crippen LogP contribution in [0.5, 0.6) is 0 Å². The summed E-state index contributed by atoms with van der Waals surface area (Å²) in [6, 6.07) is 0. The van der Waals surface area contributed by atoms with Crippen LogP contribution in [-0.2, 0) is 9.53 Å². The van der Waals surface area contributed by atoms with Crippen molar-refractivity contribution in [2.75, 3.05) is 7.11 Å². The van der Waals surface area contributed by atoms with Crippen LogP contribution >= 0.6 is 0 Å². The Bertz CT molecular complexity index is 500. The lowest BCUT2D eigenvalue weighted by Gasteiger charge is -2.42. The number of carbonyl (C=O) groups is 1. The lowest BCUT2D eigenvalue weighted by molar-refractivity contribution is -0.157. The molecular weight excluding hydrogens is 296 g/mol. The van der Waals surface area contributed by atoms with Crippen LogP contribution < -0.4 is 0 Å². The summed E-state index contributed by atoms with van der Waals surface area (Å²) in [5.74, 6) is 1.72. The third-order valence-electron chi connectivity index (χ3n) is 6.38. The molecule has 0 bridgehead atoms. The maximum Gasteiger partial charge on any atom is 0.311 e. The third-order valence-corrected chi connectivity index (χ3v) is 6.38. The highest BCUT2D eigenvalue weighted by Crippen LogP contribution is 2.48. The van der Waals surface area contributed by atoms with Gasteiger partial charge in [-0.3, -0.25) is 4.79 Å². The van der Waals surface area contributed by atoms with Crippen molar-refractivity contribution >= 4 is 5.97 Å². The third kappa shape index (κ3) is 4.13. The summed E-state index contributed by atoms with van der Waals surface area (Å²) in [6.07, 6.45) is 13.9. The number of esters is 1. The number of carbonyl (C=O) groups excluding carboxylic acids is 1. The molecule has 2 aliphatic rings. The summed E-state index contributed by atoms with van der Waals surface area (Å²) in [5, 5.41) is 0. The number of hydrogen-bond donors (Lipinski definition) is 0. The van der Waals surface area contributed by atoms with Crippen molar-refractivity contribution in [3.8, 4) is 0 Å². The molecule has 3 unspecified atom stereocenters.